The Kier molecular flexibility index (Phi) is 5.94. The molecule has 132 valence electrons. The number of benzene rings is 2. The van der Waals surface area contributed by atoms with Gasteiger partial charge in [0.2, 0.25) is 0 Å². The maximum absolute atomic E-state index is 12.5. The van der Waals surface area contributed by atoms with Crippen molar-refractivity contribution in [1.29, 1.82) is 0 Å². The summed E-state index contributed by atoms with van der Waals surface area (Å²) in [5.41, 5.74) is 0.868. The van der Waals surface area contributed by atoms with Crippen molar-refractivity contribution in [2.24, 2.45) is 0 Å². The molecule has 0 atom stereocenters. The number of rotatable bonds is 7. The summed E-state index contributed by atoms with van der Waals surface area (Å²) in [6.45, 7) is 0.417. The normalized spacial score (nSPS) is 10.2. The molecule has 0 heterocycles. The molecule has 25 heavy (non-hydrogen) atoms. The Bertz CT molecular complexity index is 776. The quantitative estimate of drug-likeness (QED) is 0.570. The predicted octanol–water partition coefficient (Wildman–Crippen LogP) is 2.93. The van der Waals surface area contributed by atoms with E-state index in [2.05, 4.69) is 0 Å². The number of amides is 1. The van der Waals surface area contributed by atoms with Gasteiger partial charge in [-0.2, -0.15) is 0 Å². The van der Waals surface area contributed by atoms with Crippen LogP contribution in [0.4, 0.5) is 5.69 Å². The fourth-order valence-corrected chi connectivity index (χ4v) is 2.45. The van der Waals surface area contributed by atoms with Crippen LogP contribution in [0.3, 0.4) is 0 Å². The zero-order valence-electron chi connectivity index (χ0n) is 14.4. The number of para-hydroxylation sites is 1. The van der Waals surface area contributed by atoms with E-state index in [-0.39, 0.29) is 17.2 Å². The van der Waals surface area contributed by atoms with Crippen LogP contribution in [0.15, 0.2) is 42.5 Å². The van der Waals surface area contributed by atoms with Crippen molar-refractivity contribution < 1.29 is 19.2 Å². The molecular weight excluding hydrogens is 324 g/mol. The number of hydrogen-bond donors (Lipinski definition) is 0. The number of methoxy groups -OCH3 is 2. The largest absolute Gasteiger partial charge is 0.493 e. The molecule has 0 spiro atoms. The highest BCUT2D eigenvalue weighted by Crippen LogP contribution is 2.27. The number of nitro groups is 1. The molecule has 2 aromatic carbocycles. The van der Waals surface area contributed by atoms with E-state index in [1.54, 1.807) is 39.5 Å². The Labute approximate surface area is 145 Å². The summed E-state index contributed by atoms with van der Waals surface area (Å²) in [4.78, 5) is 24.5. The van der Waals surface area contributed by atoms with Crippen LogP contribution in [-0.4, -0.2) is 43.5 Å². The smallest absolute Gasteiger partial charge is 0.282 e. The van der Waals surface area contributed by atoms with E-state index in [4.69, 9.17) is 9.47 Å². The van der Waals surface area contributed by atoms with Crippen molar-refractivity contribution in [3.8, 4) is 11.5 Å². The molecule has 0 aliphatic rings. The maximum Gasteiger partial charge on any atom is 0.282 e. The number of carbonyl (C=O) groups is 1. The summed E-state index contributed by atoms with van der Waals surface area (Å²) >= 11 is 0. The second-order valence-electron chi connectivity index (χ2n) is 5.44. The molecule has 0 unspecified atom stereocenters. The van der Waals surface area contributed by atoms with Crippen molar-refractivity contribution in [3.05, 3.63) is 63.7 Å². The lowest BCUT2D eigenvalue weighted by molar-refractivity contribution is -0.385. The third-order valence-electron chi connectivity index (χ3n) is 3.86. The van der Waals surface area contributed by atoms with Crippen LogP contribution < -0.4 is 9.47 Å². The molecule has 2 aromatic rings. The van der Waals surface area contributed by atoms with Crippen molar-refractivity contribution in [2.45, 2.75) is 6.42 Å². The Morgan fingerprint density at radius 2 is 1.80 bits per heavy atom. The minimum Gasteiger partial charge on any atom is -0.493 e. The third kappa shape index (κ3) is 4.26. The first-order valence-corrected chi connectivity index (χ1v) is 7.67. The number of ether oxygens (including phenoxy) is 2. The lowest BCUT2D eigenvalue weighted by atomic mass is 10.1. The fourth-order valence-electron chi connectivity index (χ4n) is 2.45. The molecule has 0 aromatic heterocycles. The van der Waals surface area contributed by atoms with Crippen LogP contribution in [0.5, 0.6) is 11.5 Å². The van der Waals surface area contributed by atoms with Gasteiger partial charge in [-0.15, -0.1) is 0 Å². The van der Waals surface area contributed by atoms with Crippen LogP contribution in [0.25, 0.3) is 0 Å². The topological polar surface area (TPSA) is 81.9 Å². The van der Waals surface area contributed by atoms with Crippen LogP contribution in [0.1, 0.15) is 15.9 Å². The average molecular weight is 344 g/mol. The molecule has 1 amide bonds. The summed E-state index contributed by atoms with van der Waals surface area (Å²) in [7, 11) is 4.75. The highest BCUT2D eigenvalue weighted by atomic mass is 16.6. The summed E-state index contributed by atoms with van der Waals surface area (Å²) < 4.78 is 10.5. The second-order valence-corrected chi connectivity index (χ2v) is 5.44. The van der Waals surface area contributed by atoms with Crippen molar-refractivity contribution >= 4 is 11.6 Å². The molecule has 0 fully saturated rings. The van der Waals surface area contributed by atoms with Gasteiger partial charge in [-0.05, 0) is 30.2 Å². The number of carbonyl (C=O) groups excluding carboxylic acids is 1. The molecule has 0 saturated heterocycles. The number of nitro benzene ring substituents is 1. The van der Waals surface area contributed by atoms with Gasteiger partial charge in [0.25, 0.3) is 11.6 Å². The minimum absolute atomic E-state index is 0.0855. The van der Waals surface area contributed by atoms with E-state index in [1.807, 2.05) is 12.1 Å². The van der Waals surface area contributed by atoms with E-state index < -0.39 is 4.92 Å². The zero-order chi connectivity index (χ0) is 18.4. The van der Waals surface area contributed by atoms with Gasteiger partial charge in [-0.1, -0.05) is 18.2 Å². The molecule has 0 bridgehead atoms. The van der Waals surface area contributed by atoms with Gasteiger partial charge >= 0.3 is 0 Å². The third-order valence-corrected chi connectivity index (χ3v) is 3.86. The van der Waals surface area contributed by atoms with E-state index in [9.17, 15) is 14.9 Å². The molecule has 0 aliphatic heterocycles. The zero-order valence-corrected chi connectivity index (χ0v) is 14.4. The fraction of sp³-hybridized carbons (Fsp3) is 0.278. The van der Waals surface area contributed by atoms with Crippen molar-refractivity contribution in [1.82, 2.24) is 4.90 Å². The molecule has 2 rings (SSSR count). The molecule has 0 N–H and O–H groups in total. The SMILES string of the molecule is COc1ccc(CCN(C)C(=O)c2ccccc2[N+](=O)[O-])cc1OC. The van der Waals surface area contributed by atoms with Gasteiger partial charge < -0.3 is 14.4 Å². The van der Waals surface area contributed by atoms with Gasteiger partial charge in [-0.3, -0.25) is 14.9 Å². The van der Waals surface area contributed by atoms with E-state index in [0.717, 1.165) is 5.56 Å². The first-order valence-electron chi connectivity index (χ1n) is 7.67. The lowest BCUT2D eigenvalue weighted by Gasteiger charge is -2.17. The van der Waals surface area contributed by atoms with Gasteiger partial charge in [0.15, 0.2) is 11.5 Å². The Morgan fingerprint density at radius 1 is 1.12 bits per heavy atom. The van der Waals surface area contributed by atoms with Crippen molar-refractivity contribution in [3.63, 3.8) is 0 Å². The molecular formula is C18H20N2O5. The Hall–Kier alpha value is -3.09. The van der Waals surface area contributed by atoms with E-state index >= 15 is 0 Å². The summed E-state index contributed by atoms with van der Waals surface area (Å²) in [5.74, 6) is 0.871. The Morgan fingerprint density at radius 3 is 2.44 bits per heavy atom. The molecule has 0 saturated carbocycles. The standard InChI is InChI=1S/C18H20N2O5/c1-19(18(21)14-6-4-5-7-15(14)20(22)23)11-10-13-8-9-16(24-2)17(12-13)25-3/h4-9,12H,10-11H2,1-3H3. The van der Waals surface area contributed by atoms with E-state index in [0.29, 0.717) is 24.5 Å². The monoisotopic (exact) mass is 344 g/mol. The van der Waals surface area contributed by atoms with Gasteiger partial charge in [0.05, 0.1) is 19.1 Å². The highest BCUT2D eigenvalue weighted by molar-refractivity contribution is 5.97. The number of likely N-dealkylation sites (N-methyl/N-ethyl adjacent to an activating group) is 1. The van der Waals surface area contributed by atoms with Crippen LogP contribution in [-0.2, 0) is 6.42 Å². The summed E-state index contributed by atoms with van der Waals surface area (Å²) in [5, 5.41) is 11.1. The predicted molar refractivity (Wildman–Crippen MR) is 93.3 cm³/mol. The van der Waals surface area contributed by atoms with Crippen LogP contribution >= 0.6 is 0 Å². The van der Waals surface area contributed by atoms with Gasteiger partial charge in [-0.25, -0.2) is 0 Å². The Balaban J connectivity index is 2.09. The molecule has 7 nitrogen and oxygen atoms in total. The second kappa shape index (κ2) is 8.14. The van der Waals surface area contributed by atoms with Crippen LogP contribution in [0, 0.1) is 10.1 Å². The number of nitrogens with zero attached hydrogens (tertiary/aromatic N) is 2. The summed E-state index contributed by atoms with van der Waals surface area (Å²) in [6.07, 6.45) is 0.587. The highest BCUT2D eigenvalue weighted by Gasteiger charge is 2.22. The van der Waals surface area contributed by atoms with Gasteiger partial charge in [0.1, 0.15) is 5.56 Å². The van der Waals surface area contributed by atoms with Crippen molar-refractivity contribution in [2.75, 3.05) is 27.8 Å². The first kappa shape index (κ1) is 18.3. The molecule has 0 radical (unpaired) electrons. The number of hydrogen-bond acceptors (Lipinski definition) is 5. The maximum atomic E-state index is 12.5. The first-order chi connectivity index (χ1) is 12.0. The average Bonchev–Trinajstić information content (AvgIpc) is 2.65. The molecule has 7 heteroatoms. The van der Waals surface area contributed by atoms with E-state index in [1.165, 1.54) is 17.0 Å². The minimum atomic E-state index is -0.546. The van der Waals surface area contributed by atoms with Crippen LogP contribution in [0.2, 0.25) is 0 Å². The van der Waals surface area contributed by atoms with Gasteiger partial charge in [0, 0.05) is 19.7 Å². The lowest BCUT2D eigenvalue weighted by Crippen LogP contribution is -2.29. The summed E-state index contributed by atoms with van der Waals surface area (Å²) in [6, 6.07) is 11.5. The molecule has 0 aliphatic carbocycles.